The molecule has 1 spiro atoms. The van der Waals surface area contributed by atoms with Gasteiger partial charge in [-0.05, 0) is 65.9 Å². The summed E-state index contributed by atoms with van der Waals surface area (Å²) in [5.41, 5.74) is 0.561. The number of hydrogen-bond donors (Lipinski definition) is 0. The van der Waals surface area contributed by atoms with Gasteiger partial charge in [-0.3, -0.25) is 9.69 Å². The number of Topliss-reactive ketones (excluding diaryl/α,β-unsaturated/α-hetero) is 1. The summed E-state index contributed by atoms with van der Waals surface area (Å²) in [6.45, 7) is 8.35. The molecular weight excluding hydrogens is 591 g/mol. The van der Waals surface area contributed by atoms with Crippen LogP contribution in [0.25, 0.3) is 0 Å². The van der Waals surface area contributed by atoms with Gasteiger partial charge in [-0.1, -0.05) is 112 Å². The van der Waals surface area contributed by atoms with Crippen molar-refractivity contribution in [2.45, 2.75) is 95.4 Å². The van der Waals surface area contributed by atoms with E-state index in [1.807, 2.05) is 35.2 Å². The first-order valence-corrected chi connectivity index (χ1v) is 18.9. The van der Waals surface area contributed by atoms with Crippen LogP contribution in [0.3, 0.4) is 0 Å². The second-order valence-corrected chi connectivity index (χ2v) is 18.3. The molecule has 3 aromatic carbocycles. The molecule has 1 saturated carbocycles. The van der Waals surface area contributed by atoms with Crippen molar-refractivity contribution >= 4 is 30.6 Å². The van der Waals surface area contributed by atoms with E-state index in [-0.39, 0.29) is 28.9 Å². The van der Waals surface area contributed by atoms with Gasteiger partial charge in [0.25, 0.3) is 8.32 Å². The number of ether oxygens (including phenoxy) is 2. The summed E-state index contributed by atoms with van der Waals surface area (Å²) in [5.74, 6) is -0.0567. The molecule has 0 N–H and O–H groups in total. The number of ketones is 1. The summed E-state index contributed by atoms with van der Waals surface area (Å²) in [4.78, 5) is 29.5. The number of nitrogens with zero attached hydrogens (tertiary/aromatic N) is 1. The third-order valence-corrected chi connectivity index (χ3v) is 15.3. The van der Waals surface area contributed by atoms with Crippen molar-refractivity contribution in [1.29, 1.82) is 0 Å². The van der Waals surface area contributed by atoms with Gasteiger partial charge in [0.2, 0.25) is 0 Å². The van der Waals surface area contributed by atoms with Gasteiger partial charge in [-0.25, -0.2) is 4.79 Å². The Morgan fingerprint density at radius 3 is 2.02 bits per heavy atom. The number of rotatable bonds is 11. The van der Waals surface area contributed by atoms with E-state index in [1.165, 1.54) is 17.5 Å². The zero-order valence-electron chi connectivity index (χ0n) is 28.1. The maximum Gasteiger partial charge on any atom is 0.410 e. The Hall–Kier alpha value is -3.26. The maximum atomic E-state index is 13.9. The summed E-state index contributed by atoms with van der Waals surface area (Å²) < 4.78 is 18.8. The Balaban J connectivity index is 1.39. The fraction of sp³-hybridized carbons (Fsp3) is 0.487. The van der Waals surface area contributed by atoms with Gasteiger partial charge in [-0.15, -0.1) is 0 Å². The van der Waals surface area contributed by atoms with Crippen molar-refractivity contribution in [3.63, 3.8) is 0 Å². The Morgan fingerprint density at radius 1 is 0.848 bits per heavy atom. The normalized spacial score (nSPS) is 22.2. The SMILES string of the molecule is COC(=O)N1[C@H](CCOCc2ccccc2)CCC[C@]12CCCC(=O)[C@H]2CCO[Si](c1ccccc1)(c1ccccc1)C(C)(C)C. The molecule has 0 unspecified atom stereocenters. The Kier molecular flexibility index (Phi) is 11.2. The third-order valence-electron chi connectivity index (χ3n) is 10.3. The predicted molar refractivity (Wildman–Crippen MR) is 186 cm³/mol. The van der Waals surface area contributed by atoms with E-state index < -0.39 is 13.9 Å². The zero-order valence-corrected chi connectivity index (χ0v) is 29.1. The largest absolute Gasteiger partial charge is 0.453 e. The first-order valence-electron chi connectivity index (χ1n) is 17.0. The van der Waals surface area contributed by atoms with Crippen LogP contribution in [-0.2, 0) is 25.3 Å². The molecule has 2 fully saturated rings. The summed E-state index contributed by atoms with van der Waals surface area (Å²) >= 11 is 0. The maximum absolute atomic E-state index is 13.9. The average Bonchev–Trinajstić information content (AvgIpc) is 3.07. The van der Waals surface area contributed by atoms with Crippen LogP contribution in [0.2, 0.25) is 5.04 Å². The molecule has 0 aromatic heterocycles. The van der Waals surface area contributed by atoms with Crippen LogP contribution in [0.15, 0.2) is 91.0 Å². The van der Waals surface area contributed by atoms with Crippen LogP contribution in [0.1, 0.15) is 77.7 Å². The van der Waals surface area contributed by atoms with Crippen molar-refractivity contribution in [1.82, 2.24) is 4.90 Å². The smallest absolute Gasteiger partial charge is 0.410 e. The molecule has 7 heteroatoms. The molecule has 6 nitrogen and oxygen atoms in total. The lowest BCUT2D eigenvalue weighted by atomic mass is 9.64. The molecule has 0 bridgehead atoms. The van der Waals surface area contributed by atoms with Gasteiger partial charge in [-0.2, -0.15) is 0 Å². The Morgan fingerprint density at radius 2 is 1.43 bits per heavy atom. The lowest BCUT2D eigenvalue weighted by molar-refractivity contribution is -0.137. The topological polar surface area (TPSA) is 65.1 Å². The average molecular weight is 642 g/mol. The fourth-order valence-electron chi connectivity index (χ4n) is 8.27. The standard InChI is InChI=1S/C39H51NO5Si/c1-38(2,3)46(33-19-10-6-11-20-33,34-21-12-7-13-22-34)45-29-25-35-36(41)23-15-27-39(35)26-14-18-32(40(39)37(42)43-4)24-28-44-30-31-16-8-5-9-17-31/h5-13,16-17,19-22,32,35H,14-15,18,23-30H2,1-4H3/t32-,35+,39+/m0/s1. The van der Waals surface area contributed by atoms with Gasteiger partial charge < -0.3 is 13.9 Å². The fourth-order valence-corrected chi connectivity index (χ4v) is 12.8. The number of methoxy groups -OCH3 is 1. The van der Waals surface area contributed by atoms with Crippen LogP contribution < -0.4 is 10.4 Å². The zero-order chi connectivity index (χ0) is 32.6. The highest BCUT2D eigenvalue weighted by atomic mass is 28.4. The first kappa shape index (κ1) is 34.1. The minimum Gasteiger partial charge on any atom is -0.453 e. The van der Waals surface area contributed by atoms with Gasteiger partial charge in [0, 0.05) is 31.6 Å². The van der Waals surface area contributed by atoms with Crippen LogP contribution in [0.5, 0.6) is 0 Å². The molecule has 1 aliphatic heterocycles. The van der Waals surface area contributed by atoms with Crippen molar-refractivity contribution < 1.29 is 23.5 Å². The number of benzene rings is 3. The van der Waals surface area contributed by atoms with E-state index in [2.05, 4.69) is 81.4 Å². The molecule has 0 radical (unpaired) electrons. The van der Waals surface area contributed by atoms with Crippen LogP contribution in [-0.4, -0.2) is 57.0 Å². The molecule has 2 aliphatic rings. The van der Waals surface area contributed by atoms with Gasteiger partial charge in [0.1, 0.15) is 5.78 Å². The highest BCUT2D eigenvalue weighted by molar-refractivity contribution is 6.99. The molecule has 1 heterocycles. The van der Waals surface area contributed by atoms with Crippen molar-refractivity contribution in [3.05, 3.63) is 96.6 Å². The Bertz CT molecular complexity index is 1370. The monoisotopic (exact) mass is 641 g/mol. The van der Waals surface area contributed by atoms with E-state index in [0.717, 1.165) is 37.7 Å². The quantitative estimate of drug-likeness (QED) is 0.163. The molecular formula is C39H51NO5Si. The molecule has 3 aromatic rings. The summed E-state index contributed by atoms with van der Waals surface area (Å²) in [5, 5.41) is 2.29. The molecule has 1 saturated heterocycles. The molecule has 1 aliphatic carbocycles. The highest BCUT2D eigenvalue weighted by Gasteiger charge is 2.55. The van der Waals surface area contributed by atoms with E-state index in [1.54, 1.807) is 0 Å². The van der Waals surface area contributed by atoms with Gasteiger partial charge in [0.05, 0.1) is 19.3 Å². The second-order valence-electron chi connectivity index (χ2n) is 14.0. The van der Waals surface area contributed by atoms with E-state index >= 15 is 0 Å². The molecule has 1 amide bonds. The number of likely N-dealkylation sites (tertiary alicyclic amines) is 1. The second kappa shape index (κ2) is 15.1. The number of carbonyl (C=O) groups is 2. The van der Waals surface area contributed by atoms with E-state index in [4.69, 9.17) is 13.9 Å². The minimum atomic E-state index is -2.76. The van der Waals surface area contributed by atoms with E-state index in [9.17, 15) is 9.59 Å². The first-order chi connectivity index (χ1) is 22.2. The Labute approximate surface area is 276 Å². The van der Waals surface area contributed by atoms with Crippen molar-refractivity contribution in [2.75, 3.05) is 20.3 Å². The molecule has 246 valence electrons. The highest BCUT2D eigenvalue weighted by Crippen LogP contribution is 2.48. The third kappa shape index (κ3) is 7.02. The van der Waals surface area contributed by atoms with Gasteiger partial charge in [0.15, 0.2) is 0 Å². The van der Waals surface area contributed by atoms with Crippen LogP contribution in [0.4, 0.5) is 4.79 Å². The number of piperidine rings is 1. The van der Waals surface area contributed by atoms with Crippen LogP contribution in [0, 0.1) is 5.92 Å². The predicted octanol–water partition coefficient (Wildman–Crippen LogP) is 7.29. The van der Waals surface area contributed by atoms with Crippen LogP contribution >= 0.6 is 0 Å². The van der Waals surface area contributed by atoms with Gasteiger partial charge >= 0.3 is 6.09 Å². The summed E-state index contributed by atoms with van der Waals surface area (Å²) in [6.07, 6.45) is 5.75. The van der Waals surface area contributed by atoms with E-state index in [0.29, 0.717) is 39.1 Å². The summed E-state index contributed by atoms with van der Waals surface area (Å²) in [6, 6.07) is 31.4. The number of amides is 1. The lowest BCUT2D eigenvalue weighted by Crippen LogP contribution is -2.67. The summed E-state index contributed by atoms with van der Waals surface area (Å²) in [7, 11) is -1.30. The number of carbonyl (C=O) groups excluding carboxylic acids is 2. The molecule has 3 atom stereocenters. The minimum absolute atomic E-state index is 0.0389. The molecule has 5 rings (SSSR count). The number of hydrogen-bond acceptors (Lipinski definition) is 5. The van der Waals surface area contributed by atoms with Crippen molar-refractivity contribution in [2.24, 2.45) is 5.92 Å². The lowest BCUT2D eigenvalue weighted by Gasteiger charge is -2.56. The van der Waals surface area contributed by atoms with Crippen molar-refractivity contribution in [3.8, 4) is 0 Å². The molecule has 46 heavy (non-hydrogen) atoms.